The molecule has 3 heteroatoms. The van der Waals surface area contributed by atoms with Gasteiger partial charge in [0, 0.05) is 13.1 Å². The van der Waals surface area contributed by atoms with Crippen LogP contribution >= 0.6 is 0 Å². The van der Waals surface area contributed by atoms with Gasteiger partial charge in [-0.05, 0) is 18.8 Å². The van der Waals surface area contributed by atoms with E-state index in [0.717, 1.165) is 19.0 Å². The molecule has 2 rings (SSSR count). The molecule has 1 saturated heterocycles. The van der Waals surface area contributed by atoms with Crippen LogP contribution in [-0.4, -0.2) is 30.6 Å². The summed E-state index contributed by atoms with van der Waals surface area (Å²) in [5.74, 6) is 0.928. The first kappa shape index (κ1) is 11.7. The highest BCUT2D eigenvalue weighted by Crippen LogP contribution is 2.26. The lowest BCUT2D eigenvalue weighted by Gasteiger charge is -2.17. The number of amides is 2. The molecule has 0 aromatic carbocycles. The standard InChI is InChI=1S/C13H23N2O/c16-13-14-9-11-15(13)10-5-8-12-6-3-1-2-4-7-12/h12H,1-11H2. The number of hydrogen-bond donors (Lipinski definition) is 0. The third kappa shape index (κ3) is 3.39. The number of nitrogens with zero attached hydrogens (tertiary/aromatic N) is 2. The predicted octanol–water partition coefficient (Wildman–Crippen LogP) is 2.78. The van der Waals surface area contributed by atoms with Crippen LogP contribution in [0.15, 0.2) is 0 Å². The van der Waals surface area contributed by atoms with E-state index in [2.05, 4.69) is 5.32 Å². The highest BCUT2D eigenvalue weighted by molar-refractivity contribution is 5.75. The summed E-state index contributed by atoms with van der Waals surface area (Å²) in [5.41, 5.74) is 0. The lowest BCUT2D eigenvalue weighted by atomic mass is 9.95. The van der Waals surface area contributed by atoms with Crippen molar-refractivity contribution in [1.82, 2.24) is 10.2 Å². The van der Waals surface area contributed by atoms with Gasteiger partial charge in [-0.25, -0.2) is 10.1 Å². The molecule has 0 spiro atoms. The van der Waals surface area contributed by atoms with Crippen LogP contribution in [0, 0.1) is 5.92 Å². The van der Waals surface area contributed by atoms with Crippen LogP contribution in [0.25, 0.3) is 0 Å². The minimum absolute atomic E-state index is 0.0147. The van der Waals surface area contributed by atoms with Crippen LogP contribution in [0.4, 0.5) is 4.79 Å². The second-order valence-electron chi connectivity index (χ2n) is 5.15. The Kier molecular flexibility index (Phi) is 4.49. The first-order chi connectivity index (χ1) is 7.86. The molecular weight excluding hydrogens is 200 g/mol. The monoisotopic (exact) mass is 223 g/mol. The quantitative estimate of drug-likeness (QED) is 0.675. The molecule has 16 heavy (non-hydrogen) atoms. The fourth-order valence-electron chi connectivity index (χ4n) is 2.89. The maximum absolute atomic E-state index is 11.3. The van der Waals surface area contributed by atoms with Gasteiger partial charge < -0.3 is 4.90 Å². The molecule has 2 amide bonds. The van der Waals surface area contributed by atoms with E-state index < -0.39 is 0 Å². The molecule has 0 aromatic rings. The van der Waals surface area contributed by atoms with E-state index in [1.165, 1.54) is 51.4 Å². The summed E-state index contributed by atoms with van der Waals surface area (Å²) in [5, 5.41) is 3.89. The average molecular weight is 223 g/mol. The molecule has 0 atom stereocenters. The van der Waals surface area contributed by atoms with Gasteiger partial charge >= 0.3 is 6.03 Å². The molecule has 1 heterocycles. The molecule has 0 bridgehead atoms. The van der Waals surface area contributed by atoms with Gasteiger partial charge in [-0.1, -0.05) is 38.5 Å². The van der Waals surface area contributed by atoms with Crippen molar-refractivity contribution in [3.05, 3.63) is 0 Å². The zero-order chi connectivity index (χ0) is 11.2. The van der Waals surface area contributed by atoms with Crippen LogP contribution in [0.5, 0.6) is 0 Å². The van der Waals surface area contributed by atoms with Gasteiger partial charge in [0.2, 0.25) is 0 Å². The van der Waals surface area contributed by atoms with Gasteiger partial charge in [0.15, 0.2) is 0 Å². The van der Waals surface area contributed by atoms with Crippen LogP contribution < -0.4 is 5.32 Å². The molecule has 1 aliphatic heterocycles. The van der Waals surface area contributed by atoms with E-state index in [-0.39, 0.29) is 6.03 Å². The average Bonchev–Trinajstić information content (AvgIpc) is 2.55. The minimum atomic E-state index is 0.0147. The normalized spacial score (nSPS) is 23.2. The van der Waals surface area contributed by atoms with E-state index in [9.17, 15) is 4.79 Å². The van der Waals surface area contributed by atoms with Crippen molar-refractivity contribution in [1.29, 1.82) is 0 Å². The fourth-order valence-corrected chi connectivity index (χ4v) is 2.89. The number of hydrogen-bond acceptors (Lipinski definition) is 1. The Hall–Kier alpha value is -0.730. The second kappa shape index (κ2) is 6.12. The second-order valence-corrected chi connectivity index (χ2v) is 5.15. The lowest BCUT2D eigenvalue weighted by molar-refractivity contribution is 0.214. The zero-order valence-corrected chi connectivity index (χ0v) is 10.2. The van der Waals surface area contributed by atoms with Crippen LogP contribution in [0.2, 0.25) is 0 Å². The molecular formula is C13H23N2O. The van der Waals surface area contributed by atoms with E-state index in [4.69, 9.17) is 0 Å². The largest absolute Gasteiger partial charge is 0.339 e. The van der Waals surface area contributed by atoms with Crippen molar-refractivity contribution in [3.8, 4) is 0 Å². The Bertz CT molecular complexity index is 222. The van der Waals surface area contributed by atoms with E-state index in [1.54, 1.807) is 0 Å². The van der Waals surface area contributed by atoms with Gasteiger partial charge in [0.05, 0.1) is 6.54 Å². The number of urea groups is 1. The molecule has 0 unspecified atom stereocenters. The van der Waals surface area contributed by atoms with Crippen LogP contribution in [0.1, 0.15) is 51.4 Å². The van der Waals surface area contributed by atoms with Gasteiger partial charge in [0.25, 0.3) is 0 Å². The molecule has 91 valence electrons. The molecule has 3 nitrogen and oxygen atoms in total. The summed E-state index contributed by atoms with van der Waals surface area (Å²) in [4.78, 5) is 13.2. The van der Waals surface area contributed by atoms with Crippen molar-refractivity contribution in [2.45, 2.75) is 51.4 Å². The van der Waals surface area contributed by atoms with E-state index in [0.29, 0.717) is 6.54 Å². The minimum Gasteiger partial charge on any atom is -0.321 e. The van der Waals surface area contributed by atoms with Crippen LogP contribution in [-0.2, 0) is 0 Å². The van der Waals surface area contributed by atoms with E-state index >= 15 is 0 Å². The summed E-state index contributed by atoms with van der Waals surface area (Å²) >= 11 is 0. The molecule has 1 aliphatic carbocycles. The maximum Gasteiger partial charge on any atom is 0.339 e. The maximum atomic E-state index is 11.3. The first-order valence-electron chi connectivity index (χ1n) is 6.82. The molecule has 2 fully saturated rings. The Morgan fingerprint density at radius 2 is 1.94 bits per heavy atom. The van der Waals surface area contributed by atoms with Crippen molar-refractivity contribution >= 4 is 6.03 Å². The molecule has 0 aromatic heterocycles. The SMILES string of the molecule is O=C1[N]CCN1CCCC1CCCCCC1. The molecule has 1 saturated carbocycles. The Labute approximate surface area is 98.6 Å². The Morgan fingerprint density at radius 1 is 1.19 bits per heavy atom. The summed E-state index contributed by atoms with van der Waals surface area (Å²) in [7, 11) is 0. The Balaban J connectivity index is 1.61. The molecule has 2 aliphatic rings. The summed E-state index contributed by atoms with van der Waals surface area (Å²) in [6, 6.07) is 0.0147. The highest BCUT2D eigenvalue weighted by Gasteiger charge is 2.21. The third-order valence-corrected chi connectivity index (χ3v) is 3.90. The van der Waals surface area contributed by atoms with Gasteiger partial charge in [0.1, 0.15) is 0 Å². The van der Waals surface area contributed by atoms with E-state index in [1.807, 2.05) is 4.90 Å². The van der Waals surface area contributed by atoms with Gasteiger partial charge in [-0.3, -0.25) is 0 Å². The van der Waals surface area contributed by atoms with Crippen LogP contribution in [0.3, 0.4) is 0 Å². The van der Waals surface area contributed by atoms with Gasteiger partial charge in [-0.15, -0.1) is 0 Å². The fraction of sp³-hybridized carbons (Fsp3) is 0.923. The number of carbonyl (C=O) groups is 1. The van der Waals surface area contributed by atoms with Crippen molar-refractivity contribution in [3.63, 3.8) is 0 Å². The summed E-state index contributed by atoms with van der Waals surface area (Å²) < 4.78 is 0. The predicted molar refractivity (Wildman–Crippen MR) is 64.4 cm³/mol. The number of carbonyl (C=O) groups excluding carboxylic acids is 1. The van der Waals surface area contributed by atoms with Crippen molar-refractivity contribution < 1.29 is 4.79 Å². The first-order valence-corrected chi connectivity index (χ1v) is 6.82. The van der Waals surface area contributed by atoms with Crippen molar-refractivity contribution in [2.75, 3.05) is 19.6 Å². The zero-order valence-electron chi connectivity index (χ0n) is 10.2. The number of rotatable bonds is 4. The lowest BCUT2D eigenvalue weighted by Crippen LogP contribution is -2.27. The third-order valence-electron chi connectivity index (χ3n) is 3.90. The summed E-state index contributed by atoms with van der Waals surface area (Å²) in [6.07, 6.45) is 11.0. The van der Waals surface area contributed by atoms with Crippen molar-refractivity contribution in [2.24, 2.45) is 5.92 Å². The Morgan fingerprint density at radius 3 is 2.56 bits per heavy atom. The molecule has 0 N–H and O–H groups in total. The smallest absolute Gasteiger partial charge is 0.321 e. The highest BCUT2D eigenvalue weighted by atomic mass is 16.2. The van der Waals surface area contributed by atoms with Gasteiger partial charge in [-0.2, -0.15) is 0 Å². The molecule has 1 radical (unpaired) electrons. The topological polar surface area (TPSA) is 34.4 Å². The summed E-state index contributed by atoms with van der Waals surface area (Å²) in [6.45, 7) is 2.49.